The van der Waals surface area contributed by atoms with Gasteiger partial charge in [0, 0.05) is 5.56 Å². The molecule has 4 aromatic rings. The van der Waals surface area contributed by atoms with Gasteiger partial charge in [0.15, 0.2) is 5.76 Å². The predicted octanol–water partition coefficient (Wildman–Crippen LogP) is 5.87. The van der Waals surface area contributed by atoms with Crippen LogP contribution in [0.5, 0.6) is 0 Å². The molecule has 0 spiro atoms. The van der Waals surface area contributed by atoms with E-state index in [1.807, 2.05) is 97.1 Å². The molecule has 0 atom stereocenters. The van der Waals surface area contributed by atoms with Crippen molar-refractivity contribution in [3.63, 3.8) is 0 Å². The van der Waals surface area contributed by atoms with Gasteiger partial charge in [-0.15, -0.1) is 0 Å². The Morgan fingerprint density at radius 2 is 1.06 bits per heavy atom. The molecule has 4 rings (SSSR count). The molecule has 0 aliphatic heterocycles. The van der Waals surface area contributed by atoms with Crippen LogP contribution in [-0.4, -0.2) is 5.97 Å². The summed E-state index contributed by atoms with van der Waals surface area (Å²) in [6.07, 6.45) is 0. The lowest BCUT2D eigenvalue weighted by Crippen LogP contribution is -2.18. The summed E-state index contributed by atoms with van der Waals surface area (Å²) < 4.78 is 5.94. The lowest BCUT2D eigenvalue weighted by molar-refractivity contribution is 0.0691. The maximum atomic E-state index is 13.1. The third-order valence-electron chi connectivity index (χ3n) is 5.12. The standard InChI is InChI=1S/C28H20NO2PS/c29-21-26(32(33,24-17-9-3-10-18-24)25-19-11-4-12-20-25)27(22-13-5-1-6-14-22)31-28(30)23-15-7-2-8-16-23/h1-20H/b27-26-. The molecule has 0 N–H and O–H groups in total. The molecular weight excluding hydrogens is 445 g/mol. The minimum atomic E-state index is -2.83. The third kappa shape index (κ3) is 4.71. The number of carbonyl (C=O) groups is 1. The van der Waals surface area contributed by atoms with E-state index in [1.54, 1.807) is 24.3 Å². The van der Waals surface area contributed by atoms with Crippen molar-refractivity contribution in [3.8, 4) is 6.07 Å². The summed E-state index contributed by atoms with van der Waals surface area (Å²) in [6, 6.07) is 36.7. The smallest absolute Gasteiger partial charge is 0.343 e. The molecule has 33 heavy (non-hydrogen) atoms. The van der Waals surface area contributed by atoms with Crippen LogP contribution in [0.2, 0.25) is 0 Å². The van der Waals surface area contributed by atoms with Crippen LogP contribution in [-0.2, 0) is 16.5 Å². The van der Waals surface area contributed by atoms with Gasteiger partial charge in [0.2, 0.25) is 0 Å². The zero-order valence-corrected chi connectivity index (χ0v) is 19.4. The maximum Gasteiger partial charge on any atom is 0.343 e. The van der Waals surface area contributed by atoms with Crippen LogP contribution < -0.4 is 10.6 Å². The third-order valence-corrected chi connectivity index (χ3v) is 9.91. The van der Waals surface area contributed by atoms with Gasteiger partial charge in [-0.2, -0.15) is 5.26 Å². The molecule has 0 aromatic heterocycles. The van der Waals surface area contributed by atoms with Crippen molar-refractivity contribution in [2.24, 2.45) is 0 Å². The second-order valence-electron chi connectivity index (χ2n) is 7.19. The highest BCUT2D eigenvalue weighted by Gasteiger charge is 2.32. The second-order valence-corrected chi connectivity index (χ2v) is 11.5. The van der Waals surface area contributed by atoms with Crippen LogP contribution in [0.4, 0.5) is 0 Å². The Labute approximate surface area is 198 Å². The van der Waals surface area contributed by atoms with Gasteiger partial charge in [-0.3, -0.25) is 0 Å². The molecule has 3 nitrogen and oxygen atoms in total. The first-order valence-corrected chi connectivity index (χ1v) is 13.1. The minimum absolute atomic E-state index is 0.197. The van der Waals surface area contributed by atoms with Crippen molar-refractivity contribution in [1.29, 1.82) is 5.26 Å². The second kappa shape index (κ2) is 10.2. The lowest BCUT2D eigenvalue weighted by atomic mass is 10.1. The van der Waals surface area contributed by atoms with Crippen molar-refractivity contribution in [3.05, 3.63) is 138 Å². The van der Waals surface area contributed by atoms with Crippen molar-refractivity contribution < 1.29 is 9.53 Å². The van der Waals surface area contributed by atoms with Gasteiger partial charge in [0.1, 0.15) is 11.4 Å². The van der Waals surface area contributed by atoms with E-state index in [0.717, 1.165) is 10.6 Å². The van der Waals surface area contributed by atoms with Gasteiger partial charge < -0.3 is 4.74 Å². The lowest BCUT2D eigenvalue weighted by Gasteiger charge is -2.25. The molecule has 0 aliphatic carbocycles. The van der Waals surface area contributed by atoms with Gasteiger partial charge in [0.25, 0.3) is 0 Å². The normalized spacial score (nSPS) is 11.7. The minimum Gasteiger partial charge on any atom is -0.421 e. The fourth-order valence-electron chi connectivity index (χ4n) is 3.51. The van der Waals surface area contributed by atoms with Crippen LogP contribution in [0.1, 0.15) is 15.9 Å². The molecule has 0 heterocycles. The summed E-state index contributed by atoms with van der Waals surface area (Å²) in [5, 5.41) is 12.5. The van der Waals surface area contributed by atoms with Crippen molar-refractivity contribution in [2.75, 3.05) is 0 Å². The first kappa shape index (κ1) is 22.4. The Balaban J connectivity index is 1.99. The summed E-state index contributed by atoms with van der Waals surface area (Å²) in [6.45, 7) is 0. The number of hydrogen-bond donors (Lipinski definition) is 0. The van der Waals surface area contributed by atoms with E-state index in [1.165, 1.54) is 0 Å². The van der Waals surface area contributed by atoms with Gasteiger partial charge in [-0.25, -0.2) is 4.79 Å². The van der Waals surface area contributed by atoms with Gasteiger partial charge in [-0.05, 0) is 22.7 Å². The number of nitrogens with zero attached hydrogens (tertiary/aromatic N) is 1. The fourth-order valence-corrected chi connectivity index (χ4v) is 7.21. The van der Waals surface area contributed by atoms with E-state index >= 15 is 0 Å². The van der Waals surface area contributed by atoms with Crippen LogP contribution in [0.3, 0.4) is 0 Å². The van der Waals surface area contributed by atoms with Crippen molar-refractivity contribution >= 4 is 40.2 Å². The van der Waals surface area contributed by atoms with E-state index in [0.29, 0.717) is 11.1 Å². The summed E-state index contributed by atoms with van der Waals surface area (Å²) in [7, 11) is 0. The number of esters is 1. The number of benzene rings is 4. The number of allylic oxidation sites excluding steroid dienone is 1. The van der Waals surface area contributed by atoms with Crippen LogP contribution >= 0.6 is 6.04 Å². The van der Waals surface area contributed by atoms with E-state index < -0.39 is 12.0 Å². The Hall–Kier alpha value is -3.77. The van der Waals surface area contributed by atoms with E-state index in [4.69, 9.17) is 16.5 Å². The largest absolute Gasteiger partial charge is 0.421 e. The van der Waals surface area contributed by atoms with E-state index in [-0.39, 0.29) is 11.1 Å². The van der Waals surface area contributed by atoms with Crippen LogP contribution in [0, 0.1) is 11.3 Å². The Morgan fingerprint density at radius 3 is 1.48 bits per heavy atom. The van der Waals surface area contributed by atoms with Gasteiger partial charge in [-0.1, -0.05) is 121 Å². The molecule has 0 aliphatic rings. The number of rotatable bonds is 6. The highest BCUT2D eigenvalue weighted by atomic mass is 32.4. The summed E-state index contributed by atoms with van der Waals surface area (Å²) in [4.78, 5) is 13.1. The van der Waals surface area contributed by atoms with E-state index in [9.17, 15) is 10.1 Å². The first-order chi connectivity index (χ1) is 16.1. The fraction of sp³-hybridized carbons (Fsp3) is 0. The number of carbonyl (C=O) groups excluding carboxylic acids is 1. The van der Waals surface area contributed by atoms with Crippen LogP contribution in [0.25, 0.3) is 5.76 Å². The quantitative estimate of drug-likeness (QED) is 0.155. The summed E-state index contributed by atoms with van der Waals surface area (Å²) >= 11 is 6.34. The Kier molecular flexibility index (Phi) is 6.95. The summed E-state index contributed by atoms with van der Waals surface area (Å²) in [5.74, 6) is -0.340. The molecule has 0 radical (unpaired) electrons. The van der Waals surface area contributed by atoms with Crippen molar-refractivity contribution in [1.82, 2.24) is 0 Å². The van der Waals surface area contributed by atoms with Crippen molar-refractivity contribution in [2.45, 2.75) is 0 Å². The monoisotopic (exact) mass is 465 g/mol. The zero-order valence-electron chi connectivity index (χ0n) is 17.7. The van der Waals surface area contributed by atoms with Gasteiger partial charge in [0.05, 0.1) is 11.6 Å². The topological polar surface area (TPSA) is 50.1 Å². The van der Waals surface area contributed by atoms with Gasteiger partial charge >= 0.3 is 5.97 Å². The zero-order chi connectivity index (χ0) is 23.1. The first-order valence-electron chi connectivity index (χ1n) is 10.3. The SMILES string of the molecule is N#C/C(=C(/OC(=O)c1ccccc1)c1ccccc1)P(=S)(c1ccccc1)c1ccccc1. The molecule has 0 fully saturated rings. The Morgan fingerprint density at radius 1 is 0.667 bits per heavy atom. The highest BCUT2D eigenvalue weighted by Crippen LogP contribution is 2.54. The Bertz CT molecular complexity index is 1320. The number of ether oxygens (including phenoxy) is 1. The molecule has 0 bridgehead atoms. The maximum absolute atomic E-state index is 13.1. The molecule has 0 unspecified atom stereocenters. The highest BCUT2D eigenvalue weighted by molar-refractivity contribution is 8.24. The molecular formula is C28H20NO2PS. The molecule has 0 saturated carbocycles. The molecule has 0 saturated heterocycles. The van der Waals surface area contributed by atoms with Crippen LogP contribution in [0.15, 0.2) is 127 Å². The van der Waals surface area contributed by atoms with E-state index in [2.05, 4.69) is 6.07 Å². The molecule has 5 heteroatoms. The predicted molar refractivity (Wildman–Crippen MR) is 137 cm³/mol. The number of hydrogen-bond acceptors (Lipinski definition) is 4. The molecule has 0 amide bonds. The number of nitriles is 1. The summed E-state index contributed by atoms with van der Waals surface area (Å²) in [5.41, 5.74) is 1.02. The molecule has 4 aromatic carbocycles. The average Bonchev–Trinajstić information content (AvgIpc) is 2.90. The average molecular weight is 466 g/mol. The molecule has 160 valence electrons.